The summed E-state index contributed by atoms with van der Waals surface area (Å²) in [5, 5.41) is 54.9. The van der Waals surface area contributed by atoms with Gasteiger partial charge in [0.2, 0.25) is 0 Å². The summed E-state index contributed by atoms with van der Waals surface area (Å²) in [5.74, 6) is -0.0957. The van der Waals surface area contributed by atoms with Crippen molar-refractivity contribution in [2.24, 2.45) is 5.73 Å². The molecule has 5 heterocycles. The highest BCUT2D eigenvalue weighted by atomic mass is 31.3. The third-order valence-electron chi connectivity index (χ3n) is 12.0. The first-order valence-electron chi connectivity index (χ1n) is 21.3. The van der Waals surface area contributed by atoms with E-state index in [0.717, 1.165) is 23.0 Å². The van der Waals surface area contributed by atoms with Crippen LogP contribution < -0.4 is 32.5 Å². The molecule has 0 amide bonds. The van der Waals surface area contributed by atoms with Gasteiger partial charge in [0.15, 0.2) is 23.4 Å². The molecule has 2 unspecified atom stereocenters. The van der Waals surface area contributed by atoms with Crippen LogP contribution >= 0.6 is 15.6 Å². The minimum atomic E-state index is -5.62. The largest absolute Gasteiger partial charge is 0.481 e. The summed E-state index contributed by atoms with van der Waals surface area (Å²) < 4.78 is 46.4. The first-order valence-corrected chi connectivity index (χ1v) is 24.3. The summed E-state index contributed by atoms with van der Waals surface area (Å²) in [4.78, 5) is 67.6. The second kappa shape index (κ2) is 19.6. The van der Waals surface area contributed by atoms with Crippen LogP contribution in [-0.2, 0) is 39.3 Å². The summed E-state index contributed by atoms with van der Waals surface area (Å²) in [6.07, 6.45) is -9.44. The maximum atomic E-state index is 14.1. The zero-order valence-electron chi connectivity index (χ0n) is 36.8. The fourth-order valence-electron chi connectivity index (χ4n) is 8.31. The molecule has 0 bridgehead atoms. The number of phosphoric acid groups is 2. The number of aromatic nitrogens is 6. The summed E-state index contributed by atoms with van der Waals surface area (Å²) >= 11 is 0. The van der Waals surface area contributed by atoms with E-state index in [1.807, 2.05) is 62.4 Å². The number of nitrogens with two attached hydrogens (primary N) is 2. The lowest BCUT2D eigenvalue weighted by atomic mass is 9.88. The Balaban J connectivity index is 0.969. The maximum Gasteiger partial charge on any atom is 0.481 e. The van der Waals surface area contributed by atoms with E-state index in [-0.39, 0.29) is 34.9 Å². The number of hydrogen-bond donors (Lipinski definition) is 11. The predicted molar refractivity (Wildman–Crippen MR) is 246 cm³/mol. The molecular weight excluding hydrogens is 946 g/mol. The number of phosphoric ester groups is 2. The number of nitrogen functional groups attached to an aromatic ring is 1. The molecule has 2 aliphatic rings. The fraction of sp³-hybridized carbons (Fsp3) is 0.357. The van der Waals surface area contributed by atoms with E-state index in [2.05, 4.69) is 29.2 Å². The molecular formula is C42H50N10O15P2. The van der Waals surface area contributed by atoms with Gasteiger partial charge in [0.05, 0.1) is 37.5 Å². The van der Waals surface area contributed by atoms with Crippen LogP contribution in [0.4, 0.5) is 28.7 Å². The van der Waals surface area contributed by atoms with E-state index in [1.54, 1.807) is 29.2 Å². The Morgan fingerprint density at radius 1 is 0.870 bits per heavy atom. The zero-order valence-corrected chi connectivity index (χ0v) is 38.6. The highest BCUT2D eigenvalue weighted by Crippen LogP contribution is 2.61. The van der Waals surface area contributed by atoms with E-state index in [1.165, 1.54) is 15.8 Å². The molecule has 69 heavy (non-hydrogen) atoms. The lowest BCUT2D eigenvalue weighted by Crippen LogP contribution is -2.56. The van der Waals surface area contributed by atoms with E-state index in [9.17, 15) is 54.0 Å². The van der Waals surface area contributed by atoms with Gasteiger partial charge in [0.1, 0.15) is 59.9 Å². The van der Waals surface area contributed by atoms with Crippen LogP contribution in [0.1, 0.15) is 34.9 Å². The summed E-state index contributed by atoms with van der Waals surface area (Å²) in [7, 11) is -11.2. The number of fused-ring (bicyclic) bond motifs is 3. The van der Waals surface area contributed by atoms with Crippen molar-refractivity contribution in [1.29, 1.82) is 0 Å². The first kappa shape index (κ1) is 49.7. The zero-order chi connectivity index (χ0) is 49.6. The predicted octanol–water partition coefficient (Wildman–Crippen LogP) is 1.09. The number of aryl methyl sites for hydroxylation is 3. The van der Waals surface area contributed by atoms with Crippen molar-refractivity contribution in [3.8, 4) is 0 Å². The summed E-state index contributed by atoms with van der Waals surface area (Å²) in [6.45, 7) is 0.822. The van der Waals surface area contributed by atoms with Crippen molar-refractivity contribution < 1.29 is 62.5 Å². The molecule has 10 atom stereocenters. The Hall–Kier alpha value is -5.73. The van der Waals surface area contributed by atoms with Crippen LogP contribution in [0.3, 0.4) is 0 Å². The number of β-amino-alcohol motifs (C(OH)–C–C–N with tert-alkyl or cyclic N) is 1. The standard InChI is InChI=1S/C42H50N10O15P2/c1-22-15-26-27(16-23(22)2)52(42(44,25-11-7-4-8-12-25)14-13-24-9-5-3-6-10-24)32-38(48-41(59)49-39(32)58)50(26)17-28(53)33(55)29(54)18-64-68(60,61)67-69(62,63)65-19-30-34(56)35(57)40(66-30)51-21-47-31-36(43)45-20-46-37(31)51/h3-12,15-16,20-21,28-30,33-35,40,53-57H,13-14,17-19,44H2,1-2H3,(H,60,61)(H,62,63)(H2,43,45,46)(H2,48,49,58,59)/t28-,29+,30+,33-,34+,35+,40+,42-/m0/s1. The average molecular weight is 997 g/mol. The number of aliphatic hydroxyl groups excluding tert-OH is 5. The monoisotopic (exact) mass is 996 g/mol. The highest BCUT2D eigenvalue weighted by molar-refractivity contribution is 7.61. The van der Waals surface area contributed by atoms with Gasteiger partial charge in [-0.15, -0.1) is 0 Å². The molecule has 0 radical (unpaired) electrons. The second-order valence-electron chi connectivity index (χ2n) is 16.6. The van der Waals surface area contributed by atoms with Gasteiger partial charge in [-0.2, -0.15) is 4.31 Å². The molecule has 0 aliphatic carbocycles. The average Bonchev–Trinajstić information content (AvgIpc) is 3.87. The Bertz CT molecular complexity index is 3040. The van der Waals surface area contributed by atoms with Crippen molar-refractivity contribution in [3.63, 3.8) is 0 Å². The molecule has 25 nitrogen and oxygen atoms in total. The number of imidazole rings is 1. The van der Waals surface area contributed by atoms with Crippen LogP contribution in [0, 0.1) is 13.8 Å². The van der Waals surface area contributed by atoms with E-state index >= 15 is 0 Å². The summed E-state index contributed by atoms with van der Waals surface area (Å²) in [5.41, 5.74) is 14.2. The van der Waals surface area contributed by atoms with Gasteiger partial charge in [-0.25, -0.2) is 28.9 Å². The number of nitrogens with one attached hydrogen (secondary N) is 2. The number of anilines is 5. The fourth-order valence-corrected chi connectivity index (χ4v) is 10.4. The van der Waals surface area contributed by atoms with E-state index in [4.69, 9.17) is 25.3 Å². The van der Waals surface area contributed by atoms with Gasteiger partial charge in [-0.3, -0.25) is 28.4 Å². The normalized spacial score (nSPS) is 22.0. The molecule has 13 N–H and O–H groups in total. The molecule has 0 saturated carbocycles. The van der Waals surface area contributed by atoms with Crippen LogP contribution in [0.25, 0.3) is 11.2 Å². The van der Waals surface area contributed by atoms with Gasteiger partial charge in [-0.1, -0.05) is 60.7 Å². The molecule has 2 aliphatic heterocycles. The van der Waals surface area contributed by atoms with Crippen molar-refractivity contribution in [1.82, 2.24) is 29.5 Å². The molecule has 27 heteroatoms. The molecule has 3 aromatic carbocycles. The number of ether oxygens (including phenoxy) is 1. The van der Waals surface area contributed by atoms with Crippen LogP contribution in [0.15, 0.2) is 95.0 Å². The Kier molecular flexibility index (Phi) is 14.1. The highest BCUT2D eigenvalue weighted by Gasteiger charge is 2.48. The van der Waals surface area contributed by atoms with E-state index < -0.39 is 95.2 Å². The van der Waals surface area contributed by atoms with Crippen molar-refractivity contribution in [3.05, 3.63) is 129 Å². The summed E-state index contributed by atoms with van der Waals surface area (Å²) in [6, 6.07) is 22.2. The van der Waals surface area contributed by atoms with Crippen molar-refractivity contribution in [2.45, 2.75) is 75.2 Å². The van der Waals surface area contributed by atoms with Crippen molar-refractivity contribution in [2.75, 3.05) is 35.3 Å². The minimum Gasteiger partial charge on any atom is -0.388 e. The smallest absolute Gasteiger partial charge is 0.388 e. The molecule has 1 saturated heterocycles. The number of aromatic amines is 2. The lowest BCUT2D eigenvalue weighted by Gasteiger charge is -2.48. The molecule has 6 aromatic rings. The maximum absolute atomic E-state index is 14.1. The molecule has 8 rings (SSSR count). The number of aliphatic hydroxyl groups is 5. The minimum absolute atomic E-state index is 0.0251. The van der Waals surface area contributed by atoms with Gasteiger partial charge in [0.25, 0.3) is 5.56 Å². The third kappa shape index (κ3) is 10.2. The van der Waals surface area contributed by atoms with Gasteiger partial charge < -0.3 is 61.3 Å². The SMILES string of the molecule is Cc1cc2c(cc1C)N([C@@](N)(CCc1ccccc1)c1ccccc1)c1c([nH]c(=O)[nH]c1=O)N2C[C@H](O)[C@H](O)[C@H](O)COP(=O)(O)OP(=O)(O)OC[C@H]1O[C@@H](n2cnc3c(N)ncnc32)[C@H](O)[C@@H]1O. The van der Waals surface area contributed by atoms with Gasteiger partial charge in [0, 0.05) is 0 Å². The number of nitrogens with zero attached hydrogens (tertiary/aromatic N) is 6. The molecule has 368 valence electrons. The number of H-pyrrole nitrogens is 2. The van der Waals surface area contributed by atoms with Crippen LogP contribution in [-0.4, -0.2) is 121 Å². The molecule has 1 fully saturated rings. The quantitative estimate of drug-likeness (QED) is 0.0537. The Morgan fingerprint density at radius 3 is 2.22 bits per heavy atom. The molecule has 3 aromatic heterocycles. The van der Waals surface area contributed by atoms with Crippen molar-refractivity contribution >= 4 is 55.5 Å². The number of benzene rings is 3. The van der Waals surface area contributed by atoms with Gasteiger partial charge >= 0.3 is 21.3 Å². The van der Waals surface area contributed by atoms with Gasteiger partial charge in [-0.05, 0) is 61.1 Å². The van der Waals surface area contributed by atoms with Crippen LogP contribution in [0.5, 0.6) is 0 Å². The first-order chi connectivity index (χ1) is 32.7. The second-order valence-corrected chi connectivity index (χ2v) is 19.7. The Morgan fingerprint density at radius 2 is 1.52 bits per heavy atom. The van der Waals surface area contributed by atoms with E-state index in [0.29, 0.717) is 23.4 Å². The number of rotatable bonds is 18. The number of hydrogen-bond acceptors (Lipinski definition) is 20. The Labute approximate surface area is 391 Å². The third-order valence-corrected chi connectivity index (χ3v) is 14.6. The van der Waals surface area contributed by atoms with Crippen LogP contribution in [0.2, 0.25) is 0 Å². The molecule has 0 spiro atoms. The lowest BCUT2D eigenvalue weighted by molar-refractivity contribution is -0.0719. The topological polar surface area (TPSA) is 381 Å².